The van der Waals surface area contributed by atoms with E-state index in [4.69, 9.17) is 5.73 Å². The Bertz CT molecular complexity index is 434. The summed E-state index contributed by atoms with van der Waals surface area (Å²) in [4.78, 5) is 11.2. The third-order valence-corrected chi connectivity index (χ3v) is 3.10. The topological polar surface area (TPSA) is 52.3 Å². The Morgan fingerprint density at radius 3 is 2.33 bits per heavy atom. The lowest BCUT2D eigenvalue weighted by Gasteiger charge is -2.22. The monoisotopic (exact) mass is 385 g/mol. The van der Waals surface area contributed by atoms with Gasteiger partial charge in [0.05, 0.1) is 6.61 Å². The summed E-state index contributed by atoms with van der Waals surface area (Å²) < 4.78 is 32.9. The highest BCUT2D eigenvalue weighted by atomic mass is 79.9. The minimum atomic E-state index is -3.77. The maximum absolute atomic E-state index is 13.7. The molecule has 1 aromatic carbocycles. The molecule has 0 aromatic heterocycles. The molecule has 1 aromatic rings. The fraction of sp³-hybridized carbons (Fsp3) is 0.364. The number of rotatable bonds is 4. The minimum Gasteiger partial charge on any atom is -0.462 e. The van der Waals surface area contributed by atoms with E-state index in [0.717, 1.165) is 0 Å². The van der Waals surface area contributed by atoms with Crippen LogP contribution in [0.3, 0.4) is 0 Å². The van der Waals surface area contributed by atoms with Crippen LogP contribution in [0.2, 0.25) is 0 Å². The third kappa shape index (κ3) is 3.49. The highest BCUT2D eigenvalue weighted by Gasteiger charge is 2.47. The van der Waals surface area contributed by atoms with E-state index in [-0.39, 0.29) is 12.2 Å². The molecular formula is C11H11Br2F2NO2. The molecule has 0 saturated carbocycles. The van der Waals surface area contributed by atoms with Crippen LogP contribution in [0.4, 0.5) is 8.78 Å². The van der Waals surface area contributed by atoms with Crippen molar-refractivity contribution in [3.63, 3.8) is 0 Å². The number of nitrogens with two attached hydrogens (primary N) is 1. The lowest BCUT2D eigenvalue weighted by atomic mass is 10.0. The van der Waals surface area contributed by atoms with E-state index in [1.807, 2.05) is 0 Å². The average Bonchev–Trinajstić information content (AvgIpc) is 2.26. The van der Waals surface area contributed by atoms with Crippen LogP contribution < -0.4 is 5.73 Å². The molecule has 1 rings (SSSR count). The summed E-state index contributed by atoms with van der Waals surface area (Å²) in [6, 6.07) is 2.79. The Balaban J connectivity index is 3.04. The van der Waals surface area contributed by atoms with E-state index < -0.39 is 17.9 Å². The van der Waals surface area contributed by atoms with Gasteiger partial charge in [0.25, 0.3) is 0 Å². The molecule has 0 fully saturated rings. The van der Waals surface area contributed by atoms with Crippen molar-refractivity contribution in [1.29, 1.82) is 0 Å². The molecule has 100 valence electrons. The fourth-order valence-corrected chi connectivity index (χ4v) is 2.65. The molecule has 3 nitrogen and oxygen atoms in total. The summed E-state index contributed by atoms with van der Waals surface area (Å²) >= 11 is 6.34. The fourth-order valence-electron chi connectivity index (χ4n) is 1.32. The Hall–Kier alpha value is -0.530. The van der Waals surface area contributed by atoms with Gasteiger partial charge in [-0.3, -0.25) is 0 Å². The SMILES string of the molecule is CCOC(=O)C(F)(F)[C@H](N)c1cc(Br)cc(Br)c1. The van der Waals surface area contributed by atoms with E-state index in [2.05, 4.69) is 36.6 Å². The molecule has 0 unspecified atom stereocenters. The van der Waals surface area contributed by atoms with Crippen LogP contribution in [0.5, 0.6) is 0 Å². The Morgan fingerprint density at radius 1 is 1.39 bits per heavy atom. The van der Waals surface area contributed by atoms with Gasteiger partial charge in [-0.15, -0.1) is 0 Å². The lowest BCUT2D eigenvalue weighted by Crippen LogP contribution is -2.41. The minimum absolute atomic E-state index is 0.122. The van der Waals surface area contributed by atoms with Crippen molar-refractivity contribution < 1.29 is 18.3 Å². The molecule has 0 bridgehead atoms. The van der Waals surface area contributed by atoms with Gasteiger partial charge in [0.1, 0.15) is 6.04 Å². The molecule has 7 heteroatoms. The van der Waals surface area contributed by atoms with Gasteiger partial charge in [-0.25, -0.2) is 4.79 Å². The number of alkyl halides is 2. The summed E-state index contributed by atoms with van der Waals surface area (Å²) in [7, 11) is 0. The molecule has 0 spiro atoms. The maximum Gasteiger partial charge on any atom is 0.379 e. The smallest absolute Gasteiger partial charge is 0.379 e. The zero-order valence-corrected chi connectivity index (χ0v) is 12.6. The Labute approximate surface area is 120 Å². The highest BCUT2D eigenvalue weighted by molar-refractivity contribution is 9.11. The number of carbonyl (C=O) groups is 1. The third-order valence-electron chi connectivity index (χ3n) is 2.18. The Kier molecular flexibility index (Phi) is 5.24. The van der Waals surface area contributed by atoms with E-state index in [1.54, 1.807) is 6.07 Å². The molecule has 0 heterocycles. The van der Waals surface area contributed by atoms with Gasteiger partial charge in [-0.2, -0.15) is 8.78 Å². The summed E-state index contributed by atoms with van der Waals surface area (Å²) in [6.45, 7) is 1.33. The second kappa shape index (κ2) is 6.08. The van der Waals surface area contributed by atoms with Crippen molar-refractivity contribution >= 4 is 37.8 Å². The first-order valence-corrected chi connectivity index (χ1v) is 6.64. The van der Waals surface area contributed by atoms with Gasteiger partial charge in [-0.1, -0.05) is 31.9 Å². The second-order valence-corrected chi connectivity index (χ2v) is 5.36. The van der Waals surface area contributed by atoms with Crippen LogP contribution in [0, 0.1) is 0 Å². The molecule has 2 N–H and O–H groups in total. The number of hydrogen-bond acceptors (Lipinski definition) is 3. The van der Waals surface area contributed by atoms with E-state index >= 15 is 0 Å². The predicted molar refractivity (Wildman–Crippen MR) is 70.4 cm³/mol. The van der Waals surface area contributed by atoms with Gasteiger partial charge in [0.2, 0.25) is 0 Å². The molecule has 18 heavy (non-hydrogen) atoms. The van der Waals surface area contributed by atoms with Crippen LogP contribution in [-0.2, 0) is 9.53 Å². The zero-order chi connectivity index (χ0) is 13.9. The van der Waals surface area contributed by atoms with Crippen molar-refractivity contribution in [1.82, 2.24) is 0 Å². The molecule has 0 aliphatic heterocycles. The molecular weight excluding hydrogens is 376 g/mol. The van der Waals surface area contributed by atoms with Gasteiger partial charge >= 0.3 is 11.9 Å². The van der Waals surface area contributed by atoms with Crippen LogP contribution in [0.25, 0.3) is 0 Å². The van der Waals surface area contributed by atoms with Crippen LogP contribution >= 0.6 is 31.9 Å². The normalized spacial score (nSPS) is 13.2. The summed E-state index contributed by atoms with van der Waals surface area (Å²) in [5, 5.41) is 0. The van der Waals surface area contributed by atoms with Crippen LogP contribution in [0.15, 0.2) is 27.1 Å². The van der Waals surface area contributed by atoms with Crippen molar-refractivity contribution in [3.05, 3.63) is 32.7 Å². The number of ether oxygens (including phenoxy) is 1. The van der Waals surface area contributed by atoms with Gasteiger partial charge < -0.3 is 10.5 Å². The highest BCUT2D eigenvalue weighted by Crippen LogP contribution is 2.33. The second-order valence-electron chi connectivity index (χ2n) is 3.52. The molecule has 0 aliphatic rings. The van der Waals surface area contributed by atoms with Crippen molar-refractivity contribution in [3.8, 4) is 0 Å². The number of benzene rings is 1. The number of carbonyl (C=O) groups excluding carboxylic acids is 1. The van der Waals surface area contributed by atoms with Gasteiger partial charge in [0, 0.05) is 8.95 Å². The first kappa shape index (κ1) is 15.5. The average molecular weight is 387 g/mol. The van der Waals surface area contributed by atoms with Crippen LogP contribution in [-0.4, -0.2) is 18.5 Å². The van der Waals surface area contributed by atoms with E-state index in [1.165, 1.54) is 19.1 Å². The first-order chi connectivity index (χ1) is 8.28. The van der Waals surface area contributed by atoms with Gasteiger partial charge in [0.15, 0.2) is 0 Å². The van der Waals surface area contributed by atoms with E-state index in [0.29, 0.717) is 8.95 Å². The predicted octanol–water partition coefficient (Wildman–Crippen LogP) is 3.41. The molecule has 0 amide bonds. The van der Waals surface area contributed by atoms with Gasteiger partial charge in [-0.05, 0) is 30.7 Å². The molecule has 1 atom stereocenters. The lowest BCUT2D eigenvalue weighted by molar-refractivity contribution is -0.174. The number of halogens is 4. The largest absolute Gasteiger partial charge is 0.462 e. The van der Waals surface area contributed by atoms with E-state index in [9.17, 15) is 13.6 Å². The van der Waals surface area contributed by atoms with Crippen molar-refractivity contribution in [2.45, 2.75) is 18.9 Å². The summed E-state index contributed by atoms with van der Waals surface area (Å²) in [6.07, 6.45) is 0. The Morgan fingerprint density at radius 2 is 1.89 bits per heavy atom. The van der Waals surface area contributed by atoms with Crippen molar-refractivity contribution in [2.75, 3.05) is 6.61 Å². The maximum atomic E-state index is 13.7. The zero-order valence-electron chi connectivity index (χ0n) is 9.42. The quantitative estimate of drug-likeness (QED) is 0.806. The van der Waals surface area contributed by atoms with Crippen molar-refractivity contribution in [2.24, 2.45) is 5.73 Å². The number of hydrogen-bond donors (Lipinski definition) is 1. The summed E-state index contributed by atoms with van der Waals surface area (Å²) in [5.41, 5.74) is 5.58. The molecule has 0 aliphatic carbocycles. The number of esters is 1. The first-order valence-electron chi connectivity index (χ1n) is 5.05. The standard InChI is InChI=1S/C11H11Br2F2NO2/c1-2-18-10(17)11(14,15)9(16)6-3-7(12)5-8(13)4-6/h3-5,9H,2,16H2,1H3/t9-/m1/s1. The van der Waals surface area contributed by atoms with Crippen LogP contribution in [0.1, 0.15) is 18.5 Å². The summed E-state index contributed by atoms with van der Waals surface area (Å²) in [5.74, 6) is -5.38. The molecule has 0 saturated heterocycles. The molecule has 0 radical (unpaired) electrons.